The summed E-state index contributed by atoms with van der Waals surface area (Å²) in [6.07, 6.45) is 3.73. The zero-order chi connectivity index (χ0) is 23.3. The number of carbonyl (C=O) groups is 1. The summed E-state index contributed by atoms with van der Waals surface area (Å²) in [5.41, 5.74) is 1.70. The molecule has 0 N–H and O–H groups in total. The van der Waals surface area contributed by atoms with Crippen LogP contribution in [0.3, 0.4) is 0 Å². The van der Waals surface area contributed by atoms with E-state index in [2.05, 4.69) is 4.90 Å². The Labute approximate surface area is 202 Å². The molecule has 2 saturated heterocycles. The Morgan fingerprint density at radius 3 is 2.31 bits per heavy atom. The monoisotopic (exact) mass is 502 g/mol. The Morgan fingerprint density at radius 2 is 1.72 bits per heavy atom. The summed E-state index contributed by atoms with van der Waals surface area (Å²) in [7, 11) is 0. The molecule has 0 aromatic carbocycles. The van der Waals surface area contributed by atoms with Crippen molar-refractivity contribution in [3.63, 3.8) is 0 Å². The quantitative estimate of drug-likeness (QED) is 0.276. The average Bonchev–Trinajstić information content (AvgIpc) is 3.35. The van der Waals surface area contributed by atoms with E-state index in [1.165, 1.54) is 18.5 Å². The first kappa shape index (κ1) is 24.6. The normalized spacial score (nSPS) is 19.9. The first-order valence-electron chi connectivity index (χ1n) is 10.3. The van der Waals surface area contributed by atoms with E-state index < -0.39 is 0 Å². The highest BCUT2D eigenvalue weighted by Gasteiger charge is 2.43. The van der Waals surface area contributed by atoms with Gasteiger partial charge in [-0.1, -0.05) is 0 Å². The molecule has 2 aromatic heterocycles. The minimum atomic E-state index is -0.222. The maximum Gasteiger partial charge on any atom is 0.409 e. The summed E-state index contributed by atoms with van der Waals surface area (Å²) in [5, 5.41) is 22.6. The molecule has 0 saturated carbocycles. The van der Waals surface area contributed by atoms with Gasteiger partial charge in [0.05, 0.1) is 12.5 Å². The van der Waals surface area contributed by atoms with Crippen molar-refractivity contribution in [2.24, 2.45) is 5.92 Å². The van der Waals surface area contributed by atoms with Crippen LogP contribution in [-0.4, -0.2) is 48.2 Å². The molecule has 1 amide bonds. The lowest BCUT2D eigenvalue weighted by Crippen LogP contribution is -2.37. The van der Waals surface area contributed by atoms with Crippen LogP contribution in [0.4, 0.5) is 4.79 Å². The number of hydrogen-bond donors (Lipinski definition) is 0. The third kappa shape index (κ3) is 6.07. The molecule has 0 unspecified atom stereocenters. The number of nitrogens with zero attached hydrogens (tertiary/aromatic N) is 4. The summed E-state index contributed by atoms with van der Waals surface area (Å²) >= 11 is 16.6. The summed E-state index contributed by atoms with van der Waals surface area (Å²) < 4.78 is 6.35. The van der Waals surface area contributed by atoms with Crippen LogP contribution in [0.2, 0.25) is 10.3 Å². The van der Waals surface area contributed by atoms with Crippen molar-refractivity contribution < 1.29 is 19.0 Å². The van der Waals surface area contributed by atoms with Crippen LogP contribution in [0.1, 0.15) is 24.5 Å². The third-order valence-corrected chi connectivity index (χ3v) is 6.48. The number of amides is 1. The van der Waals surface area contributed by atoms with Crippen LogP contribution in [0.15, 0.2) is 36.7 Å². The Morgan fingerprint density at radius 1 is 1.09 bits per heavy atom. The smallest absolute Gasteiger partial charge is 0.409 e. The zero-order valence-corrected chi connectivity index (χ0v) is 19.9. The lowest BCUT2D eigenvalue weighted by molar-refractivity contribution is -0.603. The van der Waals surface area contributed by atoms with Crippen LogP contribution in [0, 0.1) is 16.3 Å². The molecule has 11 heteroatoms. The van der Waals surface area contributed by atoms with E-state index in [4.69, 9.17) is 39.5 Å². The number of alkyl halides is 1. The predicted octanol–water partition coefficient (Wildman–Crippen LogP) is 3.35. The van der Waals surface area contributed by atoms with Crippen LogP contribution < -0.4 is 9.46 Å². The summed E-state index contributed by atoms with van der Waals surface area (Å²) in [4.78, 5) is 16.0. The van der Waals surface area contributed by atoms with Crippen molar-refractivity contribution in [3.05, 3.63) is 68.5 Å². The number of halogens is 3. The van der Waals surface area contributed by atoms with Crippen LogP contribution in [-0.2, 0) is 17.2 Å². The molecule has 2 aliphatic heterocycles. The van der Waals surface area contributed by atoms with Gasteiger partial charge in [-0.25, -0.2) is 4.79 Å². The molecule has 32 heavy (non-hydrogen) atoms. The SMILES string of the molecule is CCOC(=O)N1C[C@@H]2CCN(Cc3ccc(Cl)[n+]([O-])c3)[C@@H]2C1.[O-][n+]1cc(CCl)ccc1Cl. The molecule has 2 atom stereocenters. The number of fused-ring (bicyclic) bond motifs is 1. The van der Waals surface area contributed by atoms with Gasteiger partial charge in [-0.15, -0.1) is 11.6 Å². The fourth-order valence-electron chi connectivity index (χ4n) is 4.03. The number of aromatic nitrogens is 2. The fourth-order valence-corrected chi connectivity index (χ4v) is 4.41. The van der Waals surface area contributed by atoms with Gasteiger partial charge in [-0.05, 0) is 61.1 Å². The molecule has 2 aromatic rings. The Hall–Kier alpha value is -2.00. The maximum absolute atomic E-state index is 11.8. The van der Waals surface area contributed by atoms with Gasteiger partial charge in [0.25, 0.3) is 10.3 Å². The molecule has 0 radical (unpaired) electrons. The Bertz CT molecular complexity index is 949. The number of rotatable bonds is 4. The molecule has 2 fully saturated rings. The molecule has 2 aliphatic rings. The van der Waals surface area contributed by atoms with E-state index in [1.54, 1.807) is 17.0 Å². The Kier molecular flexibility index (Phi) is 8.64. The molecular weight excluding hydrogens is 479 g/mol. The van der Waals surface area contributed by atoms with Crippen molar-refractivity contribution in [2.45, 2.75) is 31.8 Å². The molecule has 0 spiro atoms. The van der Waals surface area contributed by atoms with E-state index >= 15 is 0 Å². The van der Waals surface area contributed by atoms with Gasteiger partial charge in [0.2, 0.25) is 0 Å². The summed E-state index contributed by atoms with van der Waals surface area (Å²) in [5.74, 6) is 0.829. The van der Waals surface area contributed by atoms with Crippen LogP contribution in [0.25, 0.3) is 0 Å². The van der Waals surface area contributed by atoms with Gasteiger partial charge < -0.3 is 20.1 Å². The molecule has 0 bridgehead atoms. The average molecular weight is 504 g/mol. The maximum atomic E-state index is 11.8. The highest BCUT2D eigenvalue weighted by atomic mass is 35.5. The molecule has 4 rings (SSSR count). The van der Waals surface area contributed by atoms with Gasteiger partial charge in [0, 0.05) is 48.9 Å². The van der Waals surface area contributed by atoms with Crippen molar-refractivity contribution in [1.29, 1.82) is 0 Å². The first-order valence-corrected chi connectivity index (χ1v) is 11.6. The van der Waals surface area contributed by atoms with E-state index in [1.807, 2.05) is 13.0 Å². The highest BCUT2D eigenvalue weighted by Crippen LogP contribution is 2.32. The van der Waals surface area contributed by atoms with Crippen LogP contribution >= 0.6 is 34.8 Å². The summed E-state index contributed by atoms with van der Waals surface area (Å²) in [6.45, 7) is 5.39. The van der Waals surface area contributed by atoms with Gasteiger partial charge in [-0.3, -0.25) is 4.90 Å². The largest absolute Gasteiger partial charge is 0.618 e. The lowest BCUT2D eigenvalue weighted by Gasteiger charge is -2.24. The fraction of sp³-hybridized carbons (Fsp3) is 0.476. The zero-order valence-electron chi connectivity index (χ0n) is 17.6. The predicted molar refractivity (Wildman–Crippen MR) is 121 cm³/mol. The second-order valence-corrected chi connectivity index (χ2v) is 8.74. The lowest BCUT2D eigenvalue weighted by atomic mass is 10.1. The number of ether oxygens (including phenoxy) is 1. The molecule has 8 nitrogen and oxygen atoms in total. The minimum absolute atomic E-state index is 0.161. The second kappa shape index (κ2) is 11.2. The van der Waals surface area contributed by atoms with Crippen molar-refractivity contribution in [3.8, 4) is 0 Å². The number of likely N-dealkylation sites (tertiary alicyclic amines) is 2. The van der Waals surface area contributed by atoms with Crippen molar-refractivity contribution >= 4 is 40.9 Å². The molecule has 174 valence electrons. The van der Waals surface area contributed by atoms with Gasteiger partial charge in [0.1, 0.15) is 0 Å². The van der Waals surface area contributed by atoms with Crippen LogP contribution in [0.5, 0.6) is 0 Å². The minimum Gasteiger partial charge on any atom is -0.618 e. The van der Waals surface area contributed by atoms with Gasteiger partial charge in [0.15, 0.2) is 12.4 Å². The van der Waals surface area contributed by atoms with Gasteiger partial charge in [-0.2, -0.15) is 9.46 Å². The van der Waals surface area contributed by atoms with E-state index in [9.17, 15) is 15.2 Å². The van der Waals surface area contributed by atoms with Crippen molar-refractivity contribution in [1.82, 2.24) is 9.80 Å². The van der Waals surface area contributed by atoms with Crippen molar-refractivity contribution in [2.75, 3.05) is 26.2 Å². The molecule has 4 heterocycles. The molecular formula is C21H25Cl3N4O4. The van der Waals surface area contributed by atoms with E-state index in [-0.39, 0.29) is 16.4 Å². The van der Waals surface area contributed by atoms with Gasteiger partial charge >= 0.3 is 6.09 Å². The Balaban J connectivity index is 0.000000243. The summed E-state index contributed by atoms with van der Waals surface area (Å²) in [6, 6.07) is 7.08. The topological polar surface area (TPSA) is 86.7 Å². The number of hydrogen-bond acceptors (Lipinski definition) is 5. The number of carbonyl (C=O) groups excluding carboxylic acids is 1. The second-order valence-electron chi connectivity index (χ2n) is 7.70. The van der Waals surface area contributed by atoms with E-state index in [0.717, 1.165) is 30.6 Å². The molecule has 0 aliphatic carbocycles. The standard InChI is InChI=1S/C15H20ClN3O3.C6H5Cl2NO/c1-2-22-15(20)18-9-12-5-6-17(13(12)10-18)7-11-3-4-14(16)19(21)8-11;7-3-5-1-2-6(8)9(10)4-5/h3-4,8,12-13H,2,5-7,9-10H2,1H3;1-2,4H,3H2/t12-,13+;/m0./s1. The first-order chi connectivity index (χ1) is 15.3. The van der Waals surface area contributed by atoms with E-state index in [0.29, 0.717) is 47.0 Å². The number of pyridine rings is 2. The highest BCUT2D eigenvalue weighted by molar-refractivity contribution is 6.28. The third-order valence-electron chi connectivity index (χ3n) is 5.59.